The molecule has 0 bridgehead atoms. The number of nitriles is 1. The molecule has 1 aromatic heterocycles. The van der Waals surface area contributed by atoms with E-state index in [9.17, 15) is 9.18 Å². The Morgan fingerprint density at radius 1 is 1.26 bits per heavy atom. The number of benzene rings is 1. The number of urea groups is 1. The van der Waals surface area contributed by atoms with E-state index < -0.39 is 0 Å². The van der Waals surface area contributed by atoms with Gasteiger partial charge in [0.2, 0.25) is 0 Å². The number of carbonyl (C=O) groups is 1. The van der Waals surface area contributed by atoms with Crippen LogP contribution in [0.2, 0.25) is 0 Å². The highest BCUT2D eigenvalue weighted by atomic mass is 19.1. The second kappa shape index (κ2) is 8.85. The van der Waals surface area contributed by atoms with Crippen molar-refractivity contribution in [3.63, 3.8) is 0 Å². The molecule has 1 N–H and O–H groups in total. The lowest BCUT2D eigenvalue weighted by Gasteiger charge is -2.35. The number of carbonyl (C=O) groups excluding carboxylic acids is 1. The van der Waals surface area contributed by atoms with Gasteiger partial charge >= 0.3 is 6.03 Å². The fourth-order valence-electron chi connectivity index (χ4n) is 2.79. The Kier molecular flexibility index (Phi) is 6.05. The molecule has 0 atom stereocenters. The summed E-state index contributed by atoms with van der Waals surface area (Å²) >= 11 is 0. The largest absolute Gasteiger partial charge is 0.492 e. The van der Waals surface area contributed by atoms with Crippen LogP contribution in [0.15, 0.2) is 42.6 Å². The van der Waals surface area contributed by atoms with Crippen molar-refractivity contribution in [2.75, 3.05) is 44.2 Å². The first-order valence-electron chi connectivity index (χ1n) is 8.68. The topological polar surface area (TPSA) is 81.5 Å². The molecule has 0 spiro atoms. The smallest absolute Gasteiger partial charge is 0.317 e. The van der Waals surface area contributed by atoms with Crippen LogP contribution in [-0.4, -0.2) is 55.2 Å². The van der Waals surface area contributed by atoms with Crippen LogP contribution in [-0.2, 0) is 0 Å². The molecule has 1 aliphatic heterocycles. The van der Waals surface area contributed by atoms with Gasteiger partial charge in [-0.05, 0) is 24.3 Å². The van der Waals surface area contributed by atoms with Crippen LogP contribution in [0, 0.1) is 17.1 Å². The number of nitrogens with one attached hydrogen (secondary N) is 1. The molecule has 2 heterocycles. The monoisotopic (exact) mass is 369 g/mol. The minimum absolute atomic E-state index is 0.156. The van der Waals surface area contributed by atoms with Crippen molar-refractivity contribution < 1.29 is 13.9 Å². The summed E-state index contributed by atoms with van der Waals surface area (Å²) in [6.45, 7) is 3.02. The molecule has 0 aliphatic carbocycles. The summed E-state index contributed by atoms with van der Waals surface area (Å²) in [4.78, 5) is 20.3. The Hall–Kier alpha value is -3.34. The lowest BCUT2D eigenvalue weighted by molar-refractivity contribution is 0.191. The summed E-state index contributed by atoms with van der Waals surface area (Å²) in [7, 11) is 0. The van der Waals surface area contributed by atoms with Crippen LogP contribution in [0.3, 0.4) is 0 Å². The van der Waals surface area contributed by atoms with E-state index in [1.807, 2.05) is 0 Å². The predicted molar refractivity (Wildman–Crippen MR) is 98.0 cm³/mol. The molecule has 8 heteroatoms. The molecular formula is C19H20FN5O2. The number of pyridine rings is 1. The van der Waals surface area contributed by atoms with Crippen LogP contribution >= 0.6 is 0 Å². The Labute approximate surface area is 157 Å². The number of piperazine rings is 1. The average molecular weight is 369 g/mol. The number of hydrogen-bond acceptors (Lipinski definition) is 5. The minimum Gasteiger partial charge on any atom is -0.492 e. The van der Waals surface area contributed by atoms with Crippen LogP contribution in [0.5, 0.6) is 5.75 Å². The molecular weight excluding hydrogens is 349 g/mol. The first kappa shape index (κ1) is 18.5. The molecule has 1 saturated heterocycles. The molecule has 7 nitrogen and oxygen atoms in total. The molecule has 1 aliphatic rings. The first-order valence-corrected chi connectivity index (χ1v) is 8.68. The molecule has 1 fully saturated rings. The summed E-state index contributed by atoms with van der Waals surface area (Å²) in [5.41, 5.74) is 0.568. The lowest BCUT2D eigenvalue weighted by Crippen LogP contribution is -2.52. The van der Waals surface area contributed by atoms with E-state index in [0.717, 1.165) is 5.82 Å². The van der Waals surface area contributed by atoms with Crippen molar-refractivity contribution in [1.82, 2.24) is 15.2 Å². The minimum atomic E-state index is -0.357. The Bertz CT molecular complexity index is 831. The highest BCUT2D eigenvalue weighted by molar-refractivity contribution is 5.74. The Balaban J connectivity index is 1.40. The molecule has 0 radical (unpaired) electrons. The van der Waals surface area contributed by atoms with Gasteiger partial charge in [0.15, 0.2) is 0 Å². The summed E-state index contributed by atoms with van der Waals surface area (Å²) in [6, 6.07) is 11.3. The van der Waals surface area contributed by atoms with Gasteiger partial charge in [-0.25, -0.2) is 14.2 Å². The number of rotatable bonds is 5. The van der Waals surface area contributed by atoms with E-state index in [-0.39, 0.29) is 18.5 Å². The zero-order chi connectivity index (χ0) is 19.1. The van der Waals surface area contributed by atoms with Gasteiger partial charge in [-0.15, -0.1) is 0 Å². The molecule has 1 aromatic carbocycles. The summed E-state index contributed by atoms with van der Waals surface area (Å²) in [5.74, 6) is 0.826. The summed E-state index contributed by atoms with van der Waals surface area (Å²) in [5, 5.41) is 11.8. The van der Waals surface area contributed by atoms with Gasteiger partial charge in [-0.2, -0.15) is 5.26 Å². The van der Waals surface area contributed by atoms with Gasteiger partial charge in [0.05, 0.1) is 18.2 Å². The van der Waals surface area contributed by atoms with Crippen LogP contribution in [0.25, 0.3) is 0 Å². The van der Waals surface area contributed by atoms with Crippen molar-refractivity contribution in [1.29, 1.82) is 5.26 Å². The fourth-order valence-corrected chi connectivity index (χ4v) is 2.79. The number of halogens is 1. The second-order valence-corrected chi connectivity index (χ2v) is 6.03. The number of aromatic nitrogens is 1. The van der Waals surface area contributed by atoms with Gasteiger partial charge in [0.1, 0.15) is 24.0 Å². The van der Waals surface area contributed by atoms with Crippen molar-refractivity contribution in [2.45, 2.75) is 0 Å². The lowest BCUT2D eigenvalue weighted by atomic mass is 10.2. The molecule has 2 aromatic rings. The second-order valence-electron chi connectivity index (χ2n) is 6.03. The van der Waals surface area contributed by atoms with Gasteiger partial charge in [-0.1, -0.05) is 6.07 Å². The SMILES string of the molecule is N#Cc1ccnc(N2CCN(C(=O)NCCOc3cccc(F)c3)CC2)c1. The number of ether oxygens (including phenoxy) is 1. The Morgan fingerprint density at radius 3 is 2.81 bits per heavy atom. The van der Waals surface area contributed by atoms with Crippen LogP contribution in [0.1, 0.15) is 5.56 Å². The van der Waals surface area contributed by atoms with E-state index in [1.54, 1.807) is 35.4 Å². The van der Waals surface area contributed by atoms with Crippen molar-refractivity contribution >= 4 is 11.8 Å². The molecule has 140 valence electrons. The fraction of sp³-hybridized carbons (Fsp3) is 0.316. The number of amides is 2. The first-order chi connectivity index (χ1) is 13.2. The number of anilines is 1. The van der Waals surface area contributed by atoms with Gasteiger partial charge in [-0.3, -0.25) is 0 Å². The van der Waals surface area contributed by atoms with E-state index >= 15 is 0 Å². The molecule has 2 amide bonds. The molecule has 0 unspecified atom stereocenters. The normalized spacial score (nSPS) is 13.8. The van der Waals surface area contributed by atoms with E-state index in [0.29, 0.717) is 44.0 Å². The highest BCUT2D eigenvalue weighted by Crippen LogP contribution is 2.15. The third-order valence-corrected chi connectivity index (χ3v) is 4.21. The zero-order valence-corrected chi connectivity index (χ0v) is 14.8. The van der Waals surface area contributed by atoms with Crippen molar-refractivity contribution in [2.24, 2.45) is 0 Å². The predicted octanol–water partition coefficient (Wildman–Crippen LogP) is 2.00. The molecule has 27 heavy (non-hydrogen) atoms. The van der Waals surface area contributed by atoms with Gasteiger partial charge in [0.25, 0.3) is 0 Å². The third kappa shape index (κ3) is 5.07. The highest BCUT2D eigenvalue weighted by Gasteiger charge is 2.21. The third-order valence-electron chi connectivity index (χ3n) is 4.21. The maximum absolute atomic E-state index is 13.1. The quantitative estimate of drug-likeness (QED) is 0.816. The summed E-state index contributed by atoms with van der Waals surface area (Å²) < 4.78 is 18.5. The van der Waals surface area contributed by atoms with Crippen LogP contribution < -0.4 is 15.0 Å². The van der Waals surface area contributed by atoms with Crippen molar-refractivity contribution in [3.05, 3.63) is 54.0 Å². The maximum atomic E-state index is 13.1. The molecule has 3 rings (SSSR count). The number of nitrogens with zero attached hydrogens (tertiary/aromatic N) is 4. The maximum Gasteiger partial charge on any atom is 0.317 e. The van der Waals surface area contributed by atoms with Gasteiger partial charge < -0.3 is 19.9 Å². The van der Waals surface area contributed by atoms with E-state index in [2.05, 4.69) is 21.3 Å². The van der Waals surface area contributed by atoms with E-state index in [1.165, 1.54) is 12.1 Å². The summed E-state index contributed by atoms with van der Waals surface area (Å²) in [6.07, 6.45) is 1.62. The zero-order valence-electron chi connectivity index (χ0n) is 14.8. The standard InChI is InChI=1S/C19H20FN5O2/c20-16-2-1-3-17(13-16)27-11-6-23-19(26)25-9-7-24(8-10-25)18-12-15(14-21)4-5-22-18/h1-5,12-13H,6-11H2,(H,23,26). The van der Waals surface area contributed by atoms with Gasteiger partial charge in [0, 0.05) is 38.4 Å². The van der Waals surface area contributed by atoms with Crippen LogP contribution in [0.4, 0.5) is 15.0 Å². The number of hydrogen-bond donors (Lipinski definition) is 1. The Morgan fingerprint density at radius 2 is 2.07 bits per heavy atom. The van der Waals surface area contributed by atoms with E-state index in [4.69, 9.17) is 10.00 Å². The average Bonchev–Trinajstić information content (AvgIpc) is 2.71. The van der Waals surface area contributed by atoms with Crippen molar-refractivity contribution in [3.8, 4) is 11.8 Å². The molecule has 0 saturated carbocycles.